The van der Waals surface area contributed by atoms with E-state index in [0.717, 1.165) is 0 Å². The van der Waals surface area contributed by atoms with Crippen molar-refractivity contribution in [3.8, 4) is 5.75 Å². The van der Waals surface area contributed by atoms with Crippen LogP contribution in [0.2, 0.25) is 5.02 Å². The molecule has 1 aromatic rings. The molecule has 1 aliphatic heterocycles. The highest BCUT2D eigenvalue weighted by Crippen LogP contribution is 2.29. The summed E-state index contributed by atoms with van der Waals surface area (Å²) in [6.45, 7) is 2.85. The van der Waals surface area contributed by atoms with Gasteiger partial charge in [0.15, 0.2) is 0 Å². The Labute approximate surface area is 136 Å². The molecule has 120 valence electrons. The van der Waals surface area contributed by atoms with Gasteiger partial charge < -0.3 is 10.5 Å². The van der Waals surface area contributed by atoms with Gasteiger partial charge in [-0.2, -0.15) is 4.31 Å². The maximum atomic E-state index is 12.6. The highest BCUT2D eigenvalue weighted by atomic mass is 35.5. The molecule has 0 aromatic heterocycles. The van der Waals surface area contributed by atoms with Crippen LogP contribution in [-0.2, 0) is 10.0 Å². The fourth-order valence-electron chi connectivity index (χ4n) is 2.30. The molecule has 0 amide bonds. The molecule has 2 atom stereocenters. The van der Waals surface area contributed by atoms with E-state index in [9.17, 15) is 8.42 Å². The summed E-state index contributed by atoms with van der Waals surface area (Å²) in [5.74, 6) is 0.604. The molecule has 0 spiro atoms. The van der Waals surface area contributed by atoms with Gasteiger partial charge in [0.2, 0.25) is 10.0 Å². The number of benzene rings is 1. The van der Waals surface area contributed by atoms with Crippen LogP contribution in [-0.4, -0.2) is 39.0 Å². The molecule has 0 saturated carbocycles. The molecular weight excluding hydrogens is 335 g/mol. The Morgan fingerprint density at radius 2 is 2.10 bits per heavy atom. The zero-order chi connectivity index (χ0) is 14.9. The Bertz CT molecular complexity index is 595. The highest BCUT2D eigenvalue weighted by molar-refractivity contribution is 7.89. The monoisotopic (exact) mass is 354 g/mol. The minimum absolute atomic E-state index is 0. The second-order valence-corrected chi connectivity index (χ2v) is 7.43. The van der Waals surface area contributed by atoms with E-state index in [1.54, 1.807) is 6.07 Å². The van der Waals surface area contributed by atoms with E-state index in [4.69, 9.17) is 22.1 Å². The predicted octanol–water partition coefficient (Wildman–Crippen LogP) is 2.13. The Morgan fingerprint density at radius 3 is 2.62 bits per heavy atom. The highest BCUT2D eigenvalue weighted by Gasteiger charge is 2.32. The number of hydrogen-bond donors (Lipinski definition) is 1. The van der Waals surface area contributed by atoms with Crippen LogP contribution < -0.4 is 10.5 Å². The molecule has 2 rings (SSSR count). The molecule has 0 radical (unpaired) electrons. The van der Waals surface area contributed by atoms with E-state index in [2.05, 4.69) is 0 Å². The molecule has 0 aliphatic carbocycles. The third kappa shape index (κ3) is 3.81. The fraction of sp³-hybridized carbons (Fsp3) is 0.538. The van der Waals surface area contributed by atoms with E-state index in [0.29, 0.717) is 25.3 Å². The van der Waals surface area contributed by atoms with E-state index in [-0.39, 0.29) is 34.3 Å². The van der Waals surface area contributed by atoms with Crippen LogP contribution in [0.5, 0.6) is 5.75 Å². The van der Waals surface area contributed by atoms with Gasteiger partial charge in [-0.3, -0.25) is 0 Å². The average Bonchev–Trinajstić information content (AvgIpc) is 2.41. The number of halogens is 2. The summed E-state index contributed by atoms with van der Waals surface area (Å²) >= 11 is 6.00. The molecule has 1 saturated heterocycles. The normalized spacial score (nSPS) is 23.4. The minimum Gasteiger partial charge on any atom is -0.495 e. The van der Waals surface area contributed by atoms with Gasteiger partial charge in [0, 0.05) is 19.1 Å². The van der Waals surface area contributed by atoms with E-state index in [1.807, 2.05) is 6.92 Å². The van der Waals surface area contributed by atoms with Crippen LogP contribution in [0.3, 0.4) is 0 Å². The van der Waals surface area contributed by atoms with E-state index < -0.39 is 10.0 Å². The Hall–Kier alpha value is -0.530. The van der Waals surface area contributed by atoms with Crippen molar-refractivity contribution in [1.82, 2.24) is 4.31 Å². The molecule has 1 aromatic carbocycles. The summed E-state index contributed by atoms with van der Waals surface area (Å²) in [6, 6.07) is 4.56. The van der Waals surface area contributed by atoms with E-state index >= 15 is 0 Å². The van der Waals surface area contributed by atoms with E-state index in [1.165, 1.54) is 23.5 Å². The Morgan fingerprint density at radius 1 is 1.43 bits per heavy atom. The first kappa shape index (κ1) is 18.5. The summed E-state index contributed by atoms with van der Waals surface area (Å²) < 4.78 is 31.7. The van der Waals surface area contributed by atoms with Crippen molar-refractivity contribution in [2.75, 3.05) is 20.2 Å². The largest absolute Gasteiger partial charge is 0.495 e. The van der Waals surface area contributed by atoms with Gasteiger partial charge in [-0.25, -0.2) is 8.42 Å². The summed E-state index contributed by atoms with van der Waals surface area (Å²) in [5.41, 5.74) is 5.93. The van der Waals surface area contributed by atoms with Crippen molar-refractivity contribution in [3.05, 3.63) is 23.2 Å². The minimum atomic E-state index is -3.53. The summed E-state index contributed by atoms with van der Waals surface area (Å²) in [7, 11) is -2.04. The van der Waals surface area contributed by atoms with Crippen molar-refractivity contribution in [2.45, 2.75) is 24.3 Å². The lowest BCUT2D eigenvalue weighted by Gasteiger charge is -2.34. The predicted molar refractivity (Wildman–Crippen MR) is 85.8 cm³/mol. The summed E-state index contributed by atoms with van der Waals surface area (Å²) in [6.07, 6.45) is 0.671. The SMILES string of the molecule is COc1ccc(S(=O)(=O)N2CCC(N)C(C)C2)cc1Cl.Cl. The summed E-state index contributed by atoms with van der Waals surface area (Å²) in [5, 5.41) is 0.287. The quantitative estimate of drug-likeness (QED) is 0.902. The van der Waals surface area contributed by atoms with Gasteiger partial charge in [-0.15, -0.1) is 12.4 Å². The number of methoxy groups -OCH3 is 1. The maximum absolute atomic E-state index is 12.6. The van der Waals surface area contributed by atoms with Gasteiger partial charge in [-0.05, 0) is 30.5 Å². The van der Waals surface area contributed by atoms with Gasteiger partial charge >= 0.3 is 0 Å². The lowest BCUT2D eigenvalue weighted by molar-refractivity contribution is 0.250. The van der Waals surface area contributed by atoms with Crippen LogP contribution in [0, 0.1) is 5.92 Å². The maximum Gasteiger partial charge on any atom is 0.243 e. The third-order valence-corrected chi connectivity index (χ3v) is 5.85. The van der Waals surface area contributed by atoms with Crippen molar-refractivity contribution in [2.24, 2.45) is 11.7 Å². The number of piperidine rings is 1. The van der Waals surface area contributed by atoms with Crippen molar-refractivity contribution >= 4 is 34.0 Å². The standard InChI is InChI=1S/C13H19ClN2O3S.ClH/c1-9-8-16(6-5-12(9)15)20(17,18)10-3-4-13(19-2)11(14)7-10;/h3-4,7,9,12H,5-6,8,15H2,1-2H3;1H. The zero-order valence-electron chi connectivity index (χ0n) is 12.0. The number of nitrogens with two attached hydrogens (primary N) is 1. The average molecular weight is 355 g/mol. The third-order valence-electron chi connectivity index (χ3n) is 3.70. The number of rotatable bonds is 3. The topological polar surface area (TPSA) is 72.6 Å². The fourth-order valence-corrected chi connectivity index (χ4v) is 4.20. The molecule has 1 aliphatic rings. The number of ether oxygens (including phenoxy) is 1. The van der Waals surface area contributed by atoms with Crippen LogP contribution in [0.25, 0.3) is 0 Å². The number of sulfonamides is 1. The first-order chi connectivity index (χ1) is 9.36. The Kier molecular flexibility index (Phi) is 6.31. The molecule has 2 N–H and O–H groups in total. The molecule has 0 bridgehead atoms. The second-order valence-electron chi connectivity index (χ2n) is 5.09. The molecule has 1 heterocycles. The van der Waals surface area contributed by atoms with Crippen molar-refractivity contribution in [3.63, 3.8) is 0 Å². The lowest BCUT2D eigenvalue weighted by atomic mass is 9.96. The Balaban J connectivity index is 0.00000220. The van der Waals surface area contributed by atoms with Crippen LogP contribution in [0.1, 0.15) is 13.3 Å². The van der Waals surface area contributed by atoms with Gasteiger partial charge in [0.1, 0.15) is 5.75 Å². The van der Waals surface area contributed by atoms with Gasteiger partial charge in [0.05, 0.1) is 17.0 Å². The molecule has 1 fully saturated rings. The number of nitrogens with zero attached hydrogens (tertiary/aromatic N) is 1. The molecular formula is C13H20Cl2N2O3S. The first-order valence-electron chi connectivity index (χ1n) is 6.45. The first-order valence-corrected chi connectivity index (χ1v) is 8.27. The smallest absolute Gasteiger partial charge is 0.243 e. The molecule has 8 heteroatoms. The molecule has 2 unspecified atom stereocenters. The zero-order valence-corrected chi connectivity index (χ0v) is 14.3. The molecule has 5 nitrogen and oxygen atoms in total. The van der Waals surface area contributed by atoms with Crippen LogP contribution >= 0.6 is 24.0 Å². The number of hydrogen-bond acceptors (Lipinski definition) is 4. The lowest BCUT2D eigenvalue weighted by Crippen LogP contribution is -2.48. The van der Waals surface area contributed by atoms with Crippen LogP contribution in [0.15, 0.2) is 23.1 Å². The van der Waals surface area contributed by atoms with Gasteiger partial charge in [-0.1, -0.05) is 18.5 Å². The van der Waals surface area contributed by atoms with Crippen molar-refractivity contribution < 1.29 is 13.2 Å². The summed E-state index contributed by atoms with van der Waals surface area (Å²) in [4.78, 5) is 0.186. The van der Waals surface area contributed by atoms with Crippen LogP contribution in [0.4, 0.5) is 0 Å². The van der Waals surface area contributed by atoms with Crippen molar-refractivity contribution in [1.29, 1.82) is 0 Å². The van der Waals surface area contributed by atoms with Gasteiger partial charge in [0.25, 0.3) is 0 Å². The second kappa shape index (κ2) is 7.15. The molecule has 21 heavy (non-hydrogen) atoms.